The predicted octanol–water partition coefficient (Wildman–Crippen LogP) is 6.21. The van der Waals surface area contributed by atoms with Crippen molar-refractivity contribution in [3.8, 4) is 0 Å². The third-order valence-corrected chi connectivity index (χ3v) is 8.61. The number of fused-ring (bicyclic) bond motifs is 1. The molecule has 0 radical (unpaired) electrons. The molecular formula is C25H29O4P. The van der Waals surface area contributed by atoms with Crippen LogP contribution in [-0.2, 0) is 20.9 Å². The van der Waals surface area contributed by atoms with Crippen LogP contribution >= 0.6 is 7.37 Å². The summed E-state index contributed by atoms with van der Waals surface area (Å²) in [7, 11) is -3.83. The molecule has 3 unspecified atom stereocenters. The largest absolute Gasteiger partial charge is 0.481 e. The van der Waals surface area contributed by atoms with Crippen molar-refractivity contribution in [3.63, 3.8) is 0 Å². The summed E-state index contributed by atoms with van der Waals surface area (Å²) in [4.78, 5) is 23.9. The van der Waals surface area contributed by atoms with E-state index in [-0.39, 0.29) is 6.16 Å². The first-order valence-corrected chi connectivity index (χ1v) is 12.3. The van der Waals surface area contributed by atoms with Gasteiger partial charge >= 0.3 is 5.97 Å². The van der Waals surface area contributed by atoms with Crippen LogP contribution in [0.3, 0.4) is 0 Å². The van der Waals surface area contributed by atoms with Crippen molar-refractivity contribution in [3.05, 3.63) is 83.9 Å². The lowest BCUT2D eigenvalue weighted by Gasteiger charge is -2.38. The molecule has 0 aliphatic heterocycles. The van der Waals surface area contributed by atoms with E-state index in [2.05, 4.69) is 0 Å². The number of unbranched alkanes of at least 4 members (excludes halogenated alkanes) is 1. The van der Waals surface area contributed by atoms with Crippen LogP contribution < -0.4 is 0 Å². The highest BCUT2D eigenvalue weighted by Crippen LogP contribution is 2.58. The Morgan fingerprint density at radius 1 is 1.00 bits per heavy atom. The minimum absolute atomic E-state index is 0.0380. The SMILES string of the molecule is CCCCC(C(=O)O)(c1ccc2ccccc2c1)C(C)P(=O)(O)Cc1ccccc1. The highest BCUT2D eigenvalue weighted by atomic mass is 31.2. The highest BCUT2D eigenvalue weighted by molar-refractivity contribution is 7.58. The van der Waals surface area contributed by atoms with Gasteiger partial charge in [0.05, 0.1) is 5.66 Å². The van der Waals surface area contributed by atoms with Gasteiger partial charge in [0, 0.05) is 6.16 Å². The summed E-state index contributed by atoms with van der Waals surface area (Å²) in [6, 6.07) is 22.5. The molecule has 0 fully saturated rings. The van der Waals surface area contributed by atoms with E-state index < -0.39 is 24.4 Å². The first-order chi connectivity index (χ1) is 14.3. The topological polar surface area (TPSA) is 74.6 Å². The number of rotatable bonds is 9. The minimum Gasteiger partial charge on any atom is -0.481 e. The van der Waals surface area contributed by atoms with Crippen molar-refractivity contribution in [2.45, 2.75) is 50.3 Å². The Morgan fingerprint density at radius 2 is 1.63 bits per heavy atom. The van der Waals surface area contributed by atoms with Gasteiger partial charge in [0.2, 0.25) is 7.37 Å². The van der Waals surface area contributed by atoms with Crippen LogP contribution in [0.25, 0.3) is 10.8 Å². The van der Waals surface area contributed by atoms with Gasteiger partial charge in [-0.2, -0.15) is 0 Å². The van der Waals surface area contributed by atoms with E-state index >= 15 is 0 Å². The first-order valence-electron chi connectivity index (χ1n) is 10.4. The van der Waals surface area contributed by atoms with Gasteiger partial charge < -0.3 is 10.00 Å². The number of carboxylic acid groups (broad SMARTS) is 1. The van der Waals surface area contributed by atoms with E-state index in [0.717, 1.165) is 22.8 Å². The van der Waals surface area contributed by atoms with E-state index in [1.54, 1.807) is 19.1 Å². The zero-order valence-electron chi connectivity index (χ0n) is 17.5. The van der Waals surface area contributed by atoms with Gasteiger partial charge in [-0.25, -0.2) is 0 Å². The number of carboxylic acids is 1. The summed E-state index contributed by atoms with van der Waals surface area (Å²) in [5.41, 5.74) is -1.03. The molecule has 3 rings (SSSR count). The third-order valence-electron chi connectivity index (χ3n) is 6.14. The molecule has 0 bridgehead atoms. The van der Waals surface area contributed by atoms with Crippen LogP contribution in [0.4, 0.5) is 0 Å². The molecule has 0 aliphatic rings. The number of aliphatic carboxylic acids is 1. The van der Waals surface area contributed by atoms with Crippen molar-refractivity contribution in [1.82, 2.24) is 0 Å². The second-order valence-electron chi connectivity index (χ2n) is 8.02. The standard InChI is InChI=1S/C25H29O4P/c1-3-4-16-25(24(26)27,23-15-14-21-12-8-9-13-22(21)17-23)19(2)30(28,29)18-20-10-6-5-7-11-20/h5-15,17,19H,3-4,16,18H2,1-2H3,(H,26,27)(H,28,29). The van der Waals surface area contributed by atoms with E-state index in [1.165, 1.54) is 0 Å². The monoisotopic (exact) mass is 424 g/mol. The van der Waals surface area contributed by atoms with Crippen molar-refractivity contribution in [2.75, 3.05) is 0 Å². The quantitative estimate of drug-likeness (QED) is 0.400. The summed E-state index contributed by atoms with van der Waals surface area (Å²) in [6.07, 6.45) is 1.75. The van der Waals surface area contributed by atoms with Crippen LogP contribution in [0.5, 0.6) is 0 Å². The van der Waals surface area contributed by atoms with Crippen molar-refractivity contribution >= 4 is 24.1 Å². The van der Waals surface area contributed by atoms with Crippen molar-refractivity contribution in [1.29, 1.82) is 0 Å². The van der Waals surface area contributed by atoms with Gasteiger partial charge in [0.15, 0.2) is 0 Å². The average Bonchev–Trinajstić information content (AvgIpc) is 2.74. The summed E-state index contributed by atoms with van der Waals surface area (Å²) in [6.45, 7) is 3.63. The van der Waals surface area contributed by atoms with Gasteiger partial charge in [-0.1, -0.05) is 93.4 Å². The highest BCUT2D eigenvalue weighted by Gasteiger charge is 2.51. The molecule has 2 N–H and O–H groups in total. The number of hydrogen-bond acceptors (Lipinski definition) is 2. The molecule has 0 amide bonds. The van der Waals surface area contributed by atoms with Crippen LogP contribution in [-0.4, -0.2) is 21.6 Å². The van der Waals surface area contributed by atoms with Crippen LogP contribution in [0, 0.1) is 0 Å². The molecule has 0 heterocycles. The molecule has 0 aliphatic carbocycles. The van der Waals surface area contributed by atoms with E-state index in [0.29, 0.717) is 18.4 Å². The first kappa shape index (κ1) is 22.3. The Morgan fingerprint density at radius 3 is 2.27 bits per heavy atom. The molecule has 0 aromatic heterocycles. The molecule has 3 aromatic rings. The molecule has 0 spiro atoms. The Bertz CT molecular complexity index is 1060. The number of hydrogen-bond donors (Lipinski definition) is 2. The lowest BCUT2D eigenvalue weighted by Crippen LogP contribution is -2.45. The molecule has 30 heavy (non-hydrogen) atoms. The molecule has 0 saturated carbocycles. The summed E-state index contributed by atoms with van der Waals surface area (Å²) in [5.74, 6) is -1.04. The molecule has 4 nitrogen and oxygen atoms in total. The predicted molar refractivity (Wildman–Crippen MR) is 122 cm³/mol. The van der Waals surface area contributed by atoms with Crippen LogP contribution in [0.15, 0.2) is 72.8 Å². The third kappa shape index (κ3) is 4.35. The molecule has 5 heteroatoms. The van der Waals surface area contributed by atoms with Crippen molar-refractivity contribution in [2.24, 2.45) is 0 Å². The molecule has 3 aromatic carbocycles. The molecule has 0 saturated heterocycles. The molecule has 158 valence electrons. The Hall–Kier alpha value is -2.42. The van der Waals surface area contributed by atoms with Gasteiger partial charge in [-0.3, -0.25) is 9.36 Å². The smallest absolute Gasteiger partial charge is 0.314 e. The Kier molecular flexibility index (Phi) is 6.80. The van der Waals surface area contributed by atoms with Crippen LogP contribution in [0.2, 0.25) is 0 Å². The fraction of sp³-hybridized carbons (Fsp3) is 0.320. The van der Waals surface area contributed by atoms with E-state index in [1.807, 2.05) is 67.6 Å². The average molecular weight is 424 g/mol. The molecular weight excluding hydrogens is 395 g/mol. The number of carbonyl (C=O) groups is 1. The van der Waals surface area contributed by atoms with Crippen molar-refractivity contribution < 1.29 is 19.4 Å². The van der Waals surface area contributed by atoms with E-state index in [9.17, 15) is 19.4 Å². The van der Waals surface area contributed by atoms with Gasteiger partial charge in [-0.05, 0) is 34.4 Å². The summed E-state index contributed by atoms with van der Waals surface area (Å²) < 4.78 is 13.5. The summed E-state index contributed by atoms with van der Waals surface area (Å²) in [5, 5.41) is 12.4. The minimum atomic E-state index is -3.83. The number of benzene rings is 3. The molecule has 3 atom stereocenters. The van der Waals surface area contributed by atoms with Crippen LogP contribution in [0.1, 0.15) is 44.2 Å². The zero-order chi connectivity index (χ0) is 21.8. The van der Waals surface area contributed by atoms with E-state index in [4.69, 9.17) is 0 Å². The van der Waals surface area contributed by atoms with Gasteiger partial charge in [-0.15, -0.1) is 0 Å². The normalized spacial score (nSPS) is 16.5. The second-order valence-corrected chi connectivity index (χ2v) is 10.6. The Balaban J connectivity index is 2.12. The lowest BCUT2D eigenvalue weighted by molar-refractivity contribution is -0.144. The Labute approximate surface area is 178 Å². The fourth-order valence-electron chi connectivity index (χ4n) is 4.25. The maximum atomic E-state index is 13.5. The zero-order valence-corrected chi connectivity index (χ0v) is 18.4. The fourth-order valence-corrected chi connectivity index (χ4v) is 6.34. The van der Waals surface area contributed by atoms with Gasteiger partial charge in [0.25, 0.3) is 0 Å². The second kappa shape index (κ2) is 9.16. The lowest BCUT2D eigenvalue weighted by atomic mass is 9.73. The van der Waals surface area contributed by atoms with Gasteiger partial charge in [0.1, 0.15) is 5.41 Å². The maximum Gasteiger partial charge on any atom is 0.314 e. The maximum absolute atomic E-state index is 13.5. The summed E-state index contributed by atoms with van der Waals surface area (Å²) >= 11 is 0.